The van der Waals surface area contributed by atoms with Crippen LogP contribution in [0.15, 0.2) is 41.3 Å². The summed E-state index contributed by atoms with van der Waals surface area (Å²) in [4.78, 5) is 22.0. The number of morpholine rings is 1. The van der Waals surface area contributed by atoms with Crippen LogP contribution in [0.3, 0.4) is 0 Å². The van der Waals surface area contributed by atoms with Gasteiger partial charge in [-0.05, 0) is 30.2 Å². The second kappa shape index (κ2) is 8.59. The molecule has 2 saturated heterocycles. The lowest BCUT2D eigenvalue weighted by atomic mass is 9.92. The van der Waals surface area contributed by atoms with E-state index in [9.17, 15) is 22.4 Å². The number of ether oxygens (including phenoxy) is 3. The number of halogens is 5. The number of fused-ring (bicyclic) bond motifs is 3. The molecule has 0 saturated carbocycles. The normalized spacial score (nSPS) is 22.1. The summed E-state index contributed by atoms with van der Waals surface area (Å²) in [7, 11) is 0. The number of pyridine rings is 1. The largest absolute Gasteiger partial charge is 0.472 e. The molecule has 0 N–H and O–H groups in total. The van der Waals surface area contributed by atoms with Crippen molar-refractivity contribution in [3.05, 3.63) is 69.1 Å². The minimum Gasteiger partial charge on any atom is -0.472 e. The molecule has 3 aliphatic rings. The third-order valence-corrected chi connectivity index (χ3v) is 7.23. The molecular formula is C24H19ClF4N4O4. The van der Waals surface area contributed by atoms with E-state index in [2.05, 4.69) is 14.9 Å². The molecule has 8 nitrogen and oxygen atoms in total. The predicted molar refractivity (Wildman–Crippen MR) is 123 cm³/mol. The van der Waals surface area contributed by atoms with Gasteiger partial charge in [0.2, 0.25) is 5.88 Å². The smallest absolute Gasteiger partial charge is 0.433 e. The van der Waals surface area contributed by atoms with Crippen LogP contribution in [0.2, 0.25) is 5.02 Å². The first-order chi connectivity index (χ1) is 17.6. The first kappa shape index (κ1) is 24.0. The zero-order chi connectivity index (χ0) is 25.9. The zero-order valence-electron chi connectivity index (χ0n) is 19.1. The Morgan fingerprint density at radius 3 is 2.84 bits per heavy atom. The molecule has 0 unspecified atom stereocenters. The number of rotatable bonds is 5. The highest BCUT2D eigenvalue weighted by Gasteiger charge is 2.55. The van der Waals surface area contributed by atoms with Crippen LogP contribution in [-0.2, 0) is 24.1 Å². The van der Waals surface area contributed by atoms with Crippen LogP contribution in [-0.4, -0.2) is 39.3 Å². The topological polar surface area (TPSA) is 78.7 Å². The van der Waals surface area contributed by atoms with Gasteiger partial charge in [0.25, 0.3) is 0 Å². The number of hydrogen-bond donors (Lipinski definition) is 0. The lowest BCUT2D eigenvalue weighted by Crippen LogP contribution is -2.55. The number of alkyl halides is 3. The molecule has 1 spiro atoms. The highest BCUT2D eigenvalue weighted by Crippen LogP contribution is 2.49. The van der Waals surface area contributed by atoms with Crippen molar-refractivity contribution in [2.24, 2.45) is 0 Å². The Labute approximate surface area is 212 Å². The molecule has 0 aliphatic carbocycles. The van der Waals surface area contributed by atoms with Crippen LogP contribution < -0.4 is 20.1 Å². The molecule has 37 heavy (non-hydrogen) atoms. The number of benzene rings is 1. The van der Waals surface area contributed by atoms with Crippen molar-refractivity contribution < 1.29 is 31.8 Å². The molecule has 6 rings (SSSR count). The summed E-state index contributed by atoms with van der Waals surface area (Å²) in [6, 6.07) is 5.74. The van der Waals surface area contributed by atoms with E-state index in [0.29, 0.717) is 37.1 Å². The maximum atomic E-state index is 14.7. The van der Waals surface area contributed by atoms with Crippen molar-refractivity contribution in [2.75, 3.05) is 18.1 Å². The minimum atomic E-state index is -4.66. The Kier molecular flexibility index (Phi) is 5.57. The fraction of sp³-hybridized carbons (Fsp3) is 0.375. The van der Waals surface area contributed by atoms with E-state index in [1.165, 1.54) is 22.8 Å². The fourth-order valence-corrected chi connectivity index (χ4v) is 5.45. The van der Waals surface area contributed by atoms with Crippen LogP contribution >= 0.6 is 11.6 Å². The molecule has 3 aromatic rings. The average Bonchev–Trinajstić information content (AvgIpc) is 3.44. The summed E-state index contributed by atoms with van der Waals surface area (Å²) < 4.78 is 71.6. The Balaban J connectivity index is 1.20. The van der Waals surface area contributed by atoms with Gasteiger partial charge in [0.1, 0.15) is 28.9 Å². The summed E-state index contributed by atoms with van der Waals surface area (Å²) in [5, 5.41) is 0.199. The molecule has 5 heterocycles. The van der Waals surface area contributed by atoms with E-state index in [1.807, 2.05) is 0 Å². The molecule has 0 radical (unpaired) electrons. The quantitative estimate of drug-likeness (QED) is 0.440. The third kappa shape index (κ3) is 4.17. The van der Waals surface area contributed by atoms with E-state index in [4.69, 9.17) is 25.8 Å². The summed E-state index contributed by atoms with van der Waals surface area (Å²) in [6.45, 7) is 1.52. The van der Waals surface area contributed by atoms with Crippen LogP contribution in [0.5, 0.6) is 17.4 Å². The Bertz CT molecular complexity index is 1450. The summed E-state index contributed by atoms with van der Waals surface area (Å²) >= 11 is 6.65. The molecular weight excluding hydrogens is 520 g/mol. The average molecular weight is 539 g/mol. The van der Waals surface area contributed by atoms with Gasteiger partial charge >= 0.3 is 11.9 Å². The molecule has 13 heteroatoms. The fourth-order valence-electron chi connectivity index (χ4n) is 5.15. The Morgan fingerprint density at radius 1 is 1.24 bits per heavy atom. The van der Waals surface area contributed by atoms with E-state index in [0.717, 1.165) is 25.1 Å². The number of nitrogens with zero attached hydrogens (tertiary/aromatic N) is 4. The van der Waals surface area contributed by atoms with Crippen molar-refractivity contribution in [3.8, 4) is 17.4 Å². The van der Waals surface area contributed by atoms with E-state index >= 15 is 0 Å². The summed E-state index contributed by atoms with van der Waals surface area (Å²) in [6.07, 6.45) is -2.00. The van der Waals surface area contributed by atoms with Crippen LogP contribution in [0.4, 0.5) is 23.4 Å². The van der Waals surface area contributed by atoms with Gasteiger partial charge in [-0.25, -0.2) is 9.18 Å². The standard InChI is InChI=1S/C24H19ClF4N4O4/c25-19-20(31-22(34)32-6-4-23-9-15(36-12-23)10-33(23)21(19)32)35-11-13-1-2-17(16(26)7-13)37-14-3-5-30-18(8-14)24(27,28)29/h1-3,5,7-8,15H,4,6,9-12H2/t15-,23-/m0/s1. The monoisotopic (exact) mass is 538 g/mol. The van der Waals surface area contributed by atoms with Crippen LogP contribution in [0.1, 0.15) is 24.1 Å². The predicted octanol–water partition coefficient (Wildman–Crippen LogP) is 4.57. The zero-order valence-corrected chi connectivity index (χ0v) is 19.9. The molecule has 194 valence electrons. The number of anilines is 1. The first-order valence-corrected chi connectivity index (χ1v) is 11.8. The van der Waals surface area contributed by atoms with E-state index < -0.39 is 23.4 Å². The lowest BCUT2D eigenvalue weighted by Gasteiger charge is -2.44. The van der Waals surface area contributed by atoms with Crippen molar-refractivity contribution >= 4 is 17.4 Å². The van der Waals surface area contributed by atoms with Gasteiger partial charge in [-0.15, -0.1) is 0 Å². The van der Waals surface area contributed by atoms with E-state index in [1.54, 1.807) is 0 Å². The van der Waals surface area contributed by atoms with E-state index in [-0.39, 0.29) is 40.7 Å². The van der Waals surface area contributed by atoms with Gasteiger partial charge < -0.3 is 19.1 Å². The summed E-state index contributed by atoms with van der Waals surface area (Å²) in [5.41, 5.74) is -1.45. The molecule has 2 atom stereocenters. The van der Waals surface area contributed by atoms with Gasteiger partial charge in [0, 0.05) is 31.8 Å². The Hall–Kier alpha value is -3.38. The lowest BCUT2D eigenvalue weighted by molar-refractivity contribution is -0.141. The van der Waals surface area contributed by atoms with Gasteiger partial charge in [0.05, 0.1) is 18.2 Å². The molecule has 1 aromatic carbocycles. The highest BCUT2D eigenvalue weighted by atomic mass is 35.5. The third-order valence-electron chi connectivity index (χ3n) is 6.90. The first-order valence-electron chi connectivity index (χ1n) is 11.4. The van der Waals surface area contributed by atoms with Gasteiger partial charge in [-0.1, -0.05) is 17.7 Å². The van der Waals surface area contributed by atoms with Crippen molar-refractivity contribution in [3.63, 3.8) is 0 Å². The van der Waals surface area contributed by atoms with Crippen molar-refractivity contribution in [1.82, 2.24) is 14.5 Å². The maximum Gasteiger partial charge on any atom is 0.433 e. The van der Waals surface area contributed by atoms with Crippen molar-refractivity contribution in [2.45, 2.75) is 43.8 Å². The molecule has 0 amide bonds. The molecule has 2 aromatic heterocycles. The van der Waals surface area contributed by atoms with Gasteiger partial charge in [-0.2, -0.15) is 18.2 Å². The molecule has 2 fully saturated rings. The second-order valence-corrected chi connectivity index (χ2v) is 9.62. The maximum absolute atomic E-state index is 14.7. The highest BCUT2D eigenvalue weighted by molar-refractivity contribution is 6.34. The number of aromatic nitrogens is 3. The van der Waals surface area contributed by atoms with Gasteiger partial charge in [0.15, 0.2) is 11.6 Å². The minimum absolute atomic E-state index is 0.0594. The SMILES string of the molecule is O=c1nc(OCc2ccc(Oc3ccnc(C(F)(F)F)c3)c(F)c2)c(Cl)c2n1CC[C@]13CO[C@H](CN21)C3. The number of hydrogen-bond acceptors (Lipinski definition) is 7. The Morgan fingerprint density at radius 2 is 2.08 bits per heavy atom. The second-order valence-electron chi connectivity index (χ2n) is 9.24. The van der Waals surface area contributed by atoms with Crippen LogP contribution in [0.25, 0.3) is 0 Å². The van der Waals surface area contributed by atoms with Gasteiger partial charge in [-0.3, -0.25) is 9.55 Å². The van der Waals surface area contributed by atoms with Crippen molar-refractivity contribution in [1.29, 1.82) is 0 Å². The van der Waals surface area contributed by atoms with Crippen LogP contribution in [0, 0.1) is 5.82 Å². The molecule has 2 bridgehead atoms. The molecule has 3 aliphatic heterocycles. The summed E-state index contributed by atoms with van der Waals surface area (Å²) in [5.74, 6) is -0.807.